The summed E-state index contributed by atoms with van der Waals surface area (Å²) in [5.74, 6) is -0.651. The van der Waals surface area contributed by atoms with Gasteiger partial charge in [-0.2, -0.15) is 9.69 Å². The Morgan fingerprint density at radius 3 is 1.97 bits per heavy atom. The fourth-order valence-corrected chi connectivity index (χ4v) is 12.7. The summed E-state index contributed by atoms with van der Waals surface area (Å²) in [6.07, 6.45) is 11.9. The molecule has 0 aromatic heterocycles. The molecule has 0 radical (unpaired) electrons. The maximum absolute atomic E-state index is 13.3. The van der Waals surface area contributed by atoms with E-state index in [4.69, 9.17) is 19.7 Å². The van der Waals surface area contributed by atoms with E-state index in [9.17, 15) is 9.59 Å². The molecule has 0 bridgehead atoms. The van der Waals surface area contributed by atoms with Gasteiger partial charge in [0.25, 0.3) is 0 Å². The van der Waals surface area contributed by atoms with Crippen molar-refractivity contribution in [3.63, 3.8) is 0 Å². The van der Waals surface area contributed by atoms with E-state index in [1.165, 1.54) is 45.1 Å². The van der Waals surface area contributed by atoms with Gasteiger partial charge in [0.2, 0.25) is 5.69 Å². The lowest BCUT2D eigenvalue weighted by atomic mass is 9.81. The van der Waals surface area contributed by atoms with Crippen molar-refractivity contribution in [2.24, 2.45) is 20.5 Å². The van der Waals surface area contributed by atoms with Crippen LogP contribution in [0.15, 0.2) is 237 Å². The third-order valence-electron chi connectivity index (χ3n) is 17.1. The molecular weight excluding hydrogens is 1190 g/mol. The number of halogens is 1. The first-order valence-electron chi connectivity index (χ1n) is 29.9. The highest BCUT2D eigenvalue weighted by Crippen LogP contribution is 2.49. The molecule has 13 nitrogen and oxygen atoms in total. The van der Waals surface area contributed by atoms with E-state index in [2.05, 4.69) is 150 Å². The lowest BCUT2D eigenvalue weighted by Gasteiger charge is -2.38. The van der Waals surface area contributed by atoms with Gasteiger partial charge in [0.05, 0.1) is 41.0 Å². The van der Waals surface area contributed by atoms with Crippen LogP contribution in [0, 0.1) is 0 Å². The zero-order valence-corrected chi connectivity index (χ0v) is 52.5. The Balaban J connectivity index is 0.00000784. The Kier molecular flexibility index (Phi) is 17.2. The zero-order valence-electron chi connectivity index (χ0n) is 50.3. The van der Waals surface area contributed by atoms with E-state index in [1.807, 2.05) is 116 Å². The second-order valence-corrected chi connectivity index (χ2v) is 23.6. The van der Waals surface area contributed by atoms with Gasteiger partial charge in [0.15, 0.2) is 5.71 Å². The number of anilines is 4. The van der Waals surface area contributed by atoms with E-state index < -0.39 is 17.6 Å². The van der Waals surface area contributed by atoms with Crippen LogP contribution in [-0.4, -0.2) is 47.6 Å². The summed E-state index contributed by atoms with van der Waals surface area (Å²) in [6.45, 7) is 17.4. The highest BCUT2D eigenvalue weighted by atomic mass is 127. The SMILES string of the molecule is CCN1/C(=C/C=C2\CCCC(/C=C/C3=[N+](CC)c4ccccc4C3(C)C)=C2Nc2ccc(OC(=O)CCC(=O)OCC3(C)Nc4cccc5c(/N=N/c6ccc(/N=N/c7ccccc7)c7ccccc67)ccc(c45)N3)cc2)C(C)(C)c2ccccc21.[I-]. The van der Waals surface area contributed by atoms with Crippen molar-refractivity contribution in [1.82, 2.24) is 0 Å². The van der Waals surface area contributed by atoms with E-state index >= 15 is 0 Å². The molecular formula is C73H72IN9O4. The van der Waals surface area contributed by atoms with Crippen molar-refractivity contribution < 1.29 is 47.6 Å². The normalized spacial score (nSPS) is 18.4. The Labute approximate surface area is 526 Å². The molecule has 4 aliphatic rings. The third kappa shape index (κ3) is 12.1. The van der Waals surface area contributed by atoms with Crippen molar-refractivity contribution in [1.29, 1.82) is 0 Å². The van der Waals surface area contributed by atoms with Crippen LogP contribution in [0.5, 0.6) is 5.75 Å². The molecule has 3 aliphatic heterocycles. The number of allylic oxidation sites excluding steroid dienone is 7. The predicted molar refractivity (Wildman–Crippen MR) is 348 cm³/mol. The molecule has 0 saturated carbocycles. The van der Waals surface area contributed by atoms with Crippen LogP contribution in [0.4, 0.5) is 51.2 Å². The number of nitrogens with zero attached hydrogens (tertiary/aromatic N) is 6. The molecule has 0 amide bonds. The molecule has 0 spiro atoms. The van der Waals surface area contributed by atoms with Gasteiger partial charge in [0, 0.05) is 85.4 Å². The van der Waals surface area contributed by atoms with E-state index in [0.29, 0.717) is 17.1 Å². The van der Waals surface area contributed by atoms with Gasteiger partial charge in [-0.15, -0.1) is 15.3 Å². The van der Waals surface area contributed by atoms with E-state index in [0.717, 1.165) is 88.0 Å². The predicted octanol–water partition coefficient (Wildman–Crippen LogP) is 15.4. The monoisotopic (exact) mass is 1270 g/mol. The minimum atomic E-state index is -0.849. The largest absolute Gasteiger partial charge is 1.00 e. The quantitative estimate of drug-likeness (QED) is 0.0269. The van der Waals surface area contributed by atoms with Crippen molar-refractivity contribution in [3.8, 4) is 5.75 Å². The lowest BCUT2D eigenvalue weighted by Crippen LogP contribution is -3.00. The summed E-state index contributed by atoms with van der Waals surface area (Å²) >= 11 is 0. The molecule has 3 heterocycles. The zero-order chi connectivity index (χ0) is 59.6. The fraction of sp³-hybridized carbons (Fsp3) is 0.247. The van der Waals surface area contributed by atoms with Crippen LogP contribution in [0.1, 0.15) is 91.7 Å². The van der Waals surface area contributed by atoms with Gasteiger partial charge < -0.3 is 54.3 Å². The maximum Gasteiger partial charge on any atom is 0.311 e. The molecule has 8 aromatic carbocycles. The smallest absolute Gasteiger partial charge is 0.311 e. The van der Waals surface area contributed by atoms with Crippen LogP contribution in [0.3, 0.4) is 0 Å². The first kappa shape index (κ1) is 59.7. The number of para-hydroxylation sites is 2. The van der Waals surface area contributed by atoms with Crippen LogP contribution < -0.4 is 49.6 Å². The van der Waals surface area contributed by atoms with Crippen LogP contribution in [0.25, 0.3) is 21.5 Å². The van der Waals surface area contributed by atoms with Gasteiger partial charge in [-0.25, -0.2) is 0 Å². The molecule has 3 N–H and O–H groups in total. The van der Waals surface area contributed by atoms with Crippen LogP contribution >= 0.6 is 0 Å². The van der Waals surface area contributed by atoms with Crippen molar-refractivity contribution >= 4 is 90.4 Å². The number of nitrogens with one attached hydrogen (secondary N) is 3. The maximum atomic E-state index is 13.3. The van der Waals surface area contributed by atoms with Crippen molar-refractivity contribution in [3.05, 3.63) is 228 Å². The van der Waals surface area contributed by atoms with E-state index in [1.54, 1.807) is 12.1 Å². The summed E-state index contributed by atoms with van der Waals surface area (Å²) in [5, 5.41) is 33.1. The second kappa shape index (κ2) is 25.1. The molecule has 1 aliphatic carbocycles. The molecule has 1 atom stereocenters. The summed E-state index contributed by atoms with van der Waals surface area (Å²) < 4.78 is 14.0. The number of likely N-dealkylation sites (N-methyl/N-ethyl adjacent to an activating group) is 1. The first-order valence-corrected chi connectivity index (χ1v) is 29.9. The first-order chi connectivity index (χ1) is 41.7. The number of carbonyl (C=O) groups excluding carboxylic acids is 2. The Morgan fingerprint density at radius 1 is 0.621 bits per heavy atom. The number of esters is 2. The van der Waals surface area contributed by atoms with Gasteiger partial charge in [0.1, 0.15) is 24.6 Å². The highest BCUT2D eigenvalue weighted by Gasteiger charge is 2.44. The van der Waals surface area contributed by atoms with Crippen LogP contribution in [0.2, 0.25) is 0 Å². The average Bonchev–Trinajstić information content (AvgIpc) is 2.45. The van der Waals surface area contributed by atoms with Gasteiger partial charge in [-0.1, -0.05) is 117 Å². The number of ether oxygens (including phenoxy) is 2. The summed E-state index contributed by atoms with van der Waals surface area (Å²) in [5.41, 5.74) is 15.7. The van der Waals surface area contributed by atoms with Gasteiger partial charge in [-0.3, -0.25) is 9.59 Å². The number of rotatable bonds is 17. The minimum absolute atomic E-state index is 0. The standard InChI is InChI=1S/C73H71N9O4.HI/c1-8-81-63-31-17-15-28-56(63)71(3,4)65(81)43-33-48-21-19-22-49(34-44-66-72(5,6)57-29-16-18-32-64(57)82(66)9-2)70(48)74-50-35-37-52(38-36-50)86-68(84)46-45-67(83)85-47-73(7)75-61-30-20-27-55-60(41-42-62(76-73)69(55)61)80-79-59-40-39-58(53-25-13-14-26-54(53)59)78-77-51-23-11-10-12-24-51;/h10-18,20,23-44H,8-9,19,21-22,45-47H2,1-7H3,(H2,75,76,77,79);1H/b48-33+,65-43+;. The Morgan fingerprint density at radius 2 is 1.24 bits per heavy atom. The number of carbonyl (C=O) groups is 2. The highest BCUT2D eigenvalue weighted by molar-refractivity contribution is 6.10. The summed E-state index contributed by atoms with van der Waals surface area (Å²) in [4.78, 5) is 29.0. The molecule has 440 valence electrons. The molecule has 8 aromatic rings. The second-order valence-electron chi connectivity index (χ2n) is 23.6. The van der Waals surface area contributed by atoms with Gasteiger partial charge >= 0.3 is 11.9 Å². The Bertz CT molecular complexity index is 4180. The summed E-state index contributed by atoms with van der Waals surface area (Å²) in [6, 6.07) is 56.3. The third-order valence-corrected chi connectivity index (χ3v) is 17.1. The summed E-state index contributed by atoms with van der Waals surface area (Å²) in [7, 11) is 0. The number of azo groups is 2. The van der Waals surface area contributed by atoms with Crippen molar-refractivity contribution in [2.75, 3.05) is 40.5 Å². The van der Waals surface area contributed by atoms with Crippen LogP contribution in [-0.2, 0) is 25.2 Å². The molecule has 87 heavy (non-hydrogen) atoms. The average molecular weight is 1270 g/mol. The molecule has 14 heteroatoms. The molecule has 0 fully saturated rings. The fourth-order valence-electron chi connectivity index (χ4n) is 12.7. The van der Waals surface area contributed by atoms with Crippen molar-refractivity contribution in [2.45, 2.75) is 97.1 Å². The topological polar surface area (TPSA) is 144 Å². The number of fused-ring (bicyclic) bond motifs is 3. The minimum Gasteiger partial charge on any atom is -1.00 e. The lowest BCUT2D eigenvalue weighted by molar-refractivity contribution is -0.433. The molecule has 12 rings (SSSR count). The number of hydrogen-bond donors (Lipinski definition) is 3. The van der Waals surface area contributed by atoms with Gasteiger partial charge in [-0.05, 0) is 149 Å². The molecule has 0 saturated heterocycles. The Hall–Kier alpha value is -9.02. The number of hydrogen-bond acceptors (Lipinski definition) is 12. The number of benzene rings is 8. The van der Waals surface area contributed by atoms with E-state index in [-0.39, 0.29) is 54.3 Å². The molecule has 1 unspecified atom stereocenters.